The Morgan fingerprint density at radius 3 is 2.27 bits per heavy atom. The van der Waals surface area contributed by atoms with Gasteiger partial charge in [-0.3, -0.25) is 9.59 Å². The predicted octanol–water partition coefficient (Wildman–Crippen LogP) is 5.45. The molecule has 0 radical (unpaired) electrons. The number of rotatable bonds is 6. The molecule has 0 unspecified atom stereocenters. The zero-order chi connectivity index (χ0) is 21.6. The molecule has 1 saturated carbocycles. The number of nitrogens with zero attached hydrogens (tertiary/aromatic N) is 1. The van der Waals surface area contributed by atoms with Gasteiger partial charge in [0.1, 0.15) is 0 Å². The van der Waals surface area contributed by atoms with E-state index in [4.69, 9.17) is 0 Å². The summed E-state index contributed by atoms with van der Waals surface area (Å²) in [5, 5.41) is 6.18. The Bertz CT molecular complexity index is 852. The molecule has 0 atom stereocenters. The van der Waals surface area contributed by atoms with Crippen LogP contribution in [0.3, 0.4) is 0 Å². The Hall–Kier alpha value is -2.82. The Morgan fingerprint density at radius 1 is 0.933 bits per heavy atom. The molecule has 0 aromatic heterocycles. The first-order valence-corrected chi connectivity index (χ1v) is 10.9. The number of anilines is 3. The smallest absolute Gasteiger partial charge is 0.246 e. The second-order valence-corrected chi connectivity index (χ2v) is 9.03. The fraction of sp³-hybridized carbons (Fsp3) is 0.440. The molecular formula is C25H33N3O2. The number of hydrogen-bond donors (Lipinski definition) is 2. The summed E-state index contributed by atoms with van der Waals surface area (Å²) in [6.07, 6.45) is 5.69. The van der Waals surface area contributed by atoms with Gasteiger partial charge in [0.2, 0.25) is 11.8 Å². The summed E-state index contributed by atoms with van der Waals surface area (Å²) < 4.78 is 0. The maximum atomic E-state index is 13.2. The zero-order valence-corrected chi connectivity index (χ0v) is 18.3. The number of para-hydroxylation sites is 1. The van der Waals surface area contributed by atoms with Gasteiger partial charge in [0.25, 0.3) is 0 Å². The van der Waals surface area contributed by atoms with Crippen LogP contribution in [0.5, 0.6) is 0 Å². The van der Waals surface area contributed by atoms with E-state index in [1.54, 1.807) is 0 Å². The lowest BCUT2D eigenvalue weighted by atomic mass is 9.93. The van der Waals surface area contributed by atoms with Crippen LogP contribution in [-0.2, 0) is 9.59 Å². The molecule has 160 valence electrons. The van der Waals surface area contributed by atoms with Crippen LogP contribution >= 0.6 is 0 Å². The predicted molar refractivity (Wildman–Crippen MR) is 124 cm³/mol. The van der Waals surface area contributed by atoms with E-state index in [2.05, 4.69) is 10.6 Å². The van der Waals surface area contributed by atoms with Crippen LogP contribution in [0, 0.1) is 5.41 Å². The highest BCUT2D eigenvalue weighted by molar-refractivity contribution is 5.97. The summed E-state index contributed by atoms with van der Waals surface area (Å²) >= 11 is 0. The molecule has 1 aliphatic carbocycles. The first kappa shape index (κ1) is 21.9. The van der Waals surface area contributed by atoms with E-state index in [9.17, 15) is 9.59 Å². The minimum Gasteiger partial charge on any atom is -0.376 e. The maximum absolute atomic E-state index is 13.2. The molecule has 1 aliphatic rings. The minimum absolute atomic E-state index is 0.0386. The van der Waals surface area contributed by atoms with Crippen LogP contribution in [0.25, 0.3) is 0 Å². The average molecular weight is 408 g/mol. The van der Waals surface area contributed by atoms with E-state index < -0.39 is 5.41 Å². The third-order valence-electron chi connectivity index (χ3n) is 5.49. The van der Waals surface area contributed by atoms with Crippen molar-refractivity contribution >= 4 is 28.9 Å². The van der Waals surface area contributed by atoms with Crippen LogP contribution in [0.2, 0.25) is 0 Å². The van der Waals surface area contributed by atoms with E-state index in [0.29, 0.717) is 0 Å². The Kier molecular flexibility index (Phi) is 7.14. The number of carbonyl (C=O) groups excluding carboxylic acids is 2. The highest BCUT2D eigenvalue weighted by Gasteiger charge is 2.26. The molecule has 2 aromatic carbocycles. The van der Waals surface area contributed by atoms with Crippen LogP contribution < -0.4 is 15.5 Å². The molecule has 2 aromatic rings. The summed E-state index contributed by atoms with van der Waals surface area (Å²) in [5.41, 5.74) is 2.03. The van der Waals surface area contributed by atoms with Crippen LogP contribution in [0.1, 0.15) is 52.9 Å². The van der Waals surface area contributed by atoms with Gasteiger partial charge < -0.3 is 15.5 Å². The van der Waals surface area contributed by atoms with Gasteiger partial charge in [-0.25, -0.2) is 0 Å². The van der Waals surface area contributed by atoms with E-state index >= 15 is 0 Å². The van der Waals surface area contributed by atoms with Gasteiger partial charge in [-0.1, -0.05) is 64.3 Å². The van der Waals surface area contributed by atoms with E-state index in [1.807, 2.05) is 80.3 Å². The Morgan fingerprint density at radius 2 is 1.60 bits per heavy atom. The molecule has 5 nitrogen and oxygen atoms in total. The molecule has 0 aliphatic heterocycles. The SMILES string of the molecule is CC(C)(C)C(=O)Nc1cccc(NCC(=O)N(c2ccccc2)C2CCCCC2)c1. The number of carbonyl (C=O) groups is 2. The van der Waals surface area contributed by atoms with Crippen molar-refractivity contribution in [3.05, 3.63) is 54.6 Å². The molecule has 1 fully saturated rings. The Balaban J connectivity index is 1.68. The second kappa shape index (κ2) is 9.79. The van der Waals surface area contributed by atoms with Crippen molar-refractivity contribution in [1.82, 2.24) is 0 Å². The number of hydrogen-bond acceptors (Lipinski definition) is 3. The summed E-state index contributed by atoms with van der Waals surface area (Å²) in [6, 6.07) is 17.7. The van der Waals surface area contributed by atoms with Gasteiger partial charge in [-0.05, 0) is 43.2 Å². The van der Waals surface area contributed by atoms with Crippen molar-refractivity contribution in [3.8, 4) is 0 Å². The fourth-order valence-electron chi connectivity index (χ4n) is 3.77. The molecule has 30 heavy (non-hydrogen) atoms. The standard InChI is InChI=1S/C25H33N3O2/c1-25(2,3)24(30)27-20-12-10-11-19(17-20)26-18-23(29)28(21-13-6-4-7-14-21)22-15-8-5-9-16-22/h4,6-7,10-14,17,22,26H,5,8-9,15-16,18H2,1-3H3,(H,27,30). The van der Waals surface area contributed by atoms with Crippen LogP contribution in [0.15, 0.2) is 54.6 Å². The van der Waals surface area contributed by atoms with E-state index in [1.165, 1.54) is 19.3 Å². The monoisotopic (exact) mass is 407 g/mol. The lowest BCUT2D eigenvalue weighted by molar-refractivity contribution is -0.123. The van der Waals surface area contributed by atoms with Crippen molar-refractivity contribution < 1.29 is 9.59 Å². The quantitative estimate of drug-likeness (QED) is 0.669. The van der Waals surface area contributed by atoms with Gasteiger partial charge in [0.15, 0.2) is 0 Å². The van der Waals surface area contributed by atoms with Gasteiger partial charge in [-0.15, -0.1) is 0 Å². The van der Waals surface area contributed by atoms with Crippen molar-refractivity contribution in [2.75, 3.05) is 22.1 Å². The lowest BCUT2D eigenvalue weighted by Gasteiger charge is -2.34. The maximum Gasteiger partial charge on any atom is 0.246 e. The van der Waals surface area contributed by atoms with Gasteiger partial charge in [0, 0.05) is 28.5 Å². The summed E-state index contributed by atoms with van der Waals surface area (Å²) in [5.74, 6) is 0.0282. The third-order valence-corrected chi connectivity index (χ3v) is 5.49. The molecule has 0 spiro atoms. The Labute approximate surface area is 179 Å². The minimum atomic E-state index is -0.463. The van der Waals surface area contributed by atoms with Crippen molar-refractivity contribution in [1.29, 1.82) is 0 Å². The highest BCUT2D eigenvalue weighted by atomic mass is 16.2. The van der Waals surface area contributed by atoms with Crippen molar-refractivity contribution in [2.45, 2.75) is 58.9 Å². The van der Waals surface area contributed by atoms with Crippen molar-refractivity contribution in [2.24, 2.45) is 5.41 Å². The average Bonchev–Trinajstić information content (AvgIpc) is 2.74. The molecule has 0 bridgehead atoms. The summed E-state index contributed by atoms with van der Waals surface area (Å²) in [6.45, 7) is 5.85. The first-order valence-electron chi connectivity index (χ1n) is 10.9. The zero-order valence-electron chi connectivity index (χ0n) is 18.3. The van der Waals surface area contributed by atoms with Crippen molar-refractivity contribution in [3.63, 3.8) is 0 Å². The number of amides is 2. The van der Waals surface area contributed by atoms with Crippen LogP contribution in [-0.4, -0.2) is 24.4 Å². The van der Waals surface area contributed by atoms with Gasteiger partial charge >= 0.3 is 0 Å². The third kappa shape index (κ3) is 5.85. The molecular weight excluding hydrogens is 374 g/mol. The summed E-state index contributed by atoms with van der Waals surface area (Å²) in [7, 11) is 0. The normalized spacial score (nSPS) is 14.8. The molecule has 0 saturated heterocycles. The number of benzene rings is 2. The first-order chi connectivity index (χ1) is 14.3. The van der Waals surface area contributed by atoms with E-state index in [-0.39, 0.29) is 24.4 Å². The largest absolute Gasteiger partial charge is 0.376 e. The van der Waals surface area contributed by atoms with E-state index in [0.717, 1.165) is 29.9 Å². The molecule has 2 amide bonds. The lowest BCUT2D eigenvalue weighted by Crippen LogP contribution is -2.44. The molecule has 2 N–H and O–H groups in total. The second-order valence-electron chi connectivity index (χ2n) is 9.03. The fourth-order valence-corrected chi connectivity index (χ4v) is 3.77. The number of nitrogens with one attached hydrogen (secondary N) is 2. The van der Waals surface area contributed by atoms with Gasteiger partial charge in [-0.2, -0.15) is 0 Å². The van der Waals surface area contributed by atoms with Crippen LogP contribution in [0.4, 0.5) is 17.1 Å². The highest BCUT2D eigenvalue weighted by Crippen LogP contribution is 2.28. The molecule has 0 heterocycles. The molecule has 3 rings (SSSR count). The summed E-state index contributed by atoms with van der Waals surface area (Å²) in [4.78, 5) is 27.4. The topological polar surface area (TPSA) is 61.4 Å². The van der Waals surface area contributed by atoms with Gasteiger partial charge in [0.05, 0.1) is 6.54 Å². The molecule has 5 heteroatoms.